The zero-order chi connectivity index (χ0) is 33.2. The van der Waals surface area contributed by atoms with E-state index in [1.165, 1.54) is 0 Å². The van der Waals surface area contributed by atoms with E-state index in [1.54, 1.807) is 0 Å². The Hall–Kier alpha value is -5.19. The van der Waals surface area contributed by atoms with Crippen LogP contribution in [0.5, 0.6) is 5.75 Å². The maximum absolute atomic E-state index is 17.4. The van der Waals surface area contributed by atoms with E-state index < -0.39 is 22.2 Å². The Morgan fingerprint density at radius 1 is 0.408 bits per heavy atom. The minimum atomic E-state index is -6.38. The summed E-state index contributed by atoms with van der Waals surface area (Å²) in [5, 5.41) is 12.2. The average molecular weight is 671 g/mol. The van der Waals surface area contributed by atoms with Gasteiger partial charge in [0.25, 0.3) is 0 Å². The fraction of sp³-hybridized carbons (Fsp3) is 0.0667. The molecule has 0 spiro atoms. The monoisotopic (exact) mass is 670 g/mol. The molecular weight excluding hydrogens is 636 g/mol. The van der Waals surface area contributed by atoms with Gasteiger partial charge in [0, 0.05) is 0 Å². The molecule has 236 valence electrons. The van der Waals surface area contributed by atoms with E-state index in [4.69, 9.17) is 6.64 Å². The first-order valence-electron chi connectivity index (χ1n) is 16.9. The van der Waals surface area contributed by atoms with Gasteiger partial charge in [-0.15, -0.1) is 0 Å². The van der Waals surface area contributed by atoms with Crippen LogP contribution in [-0.4, -0.2) is 6.10 Å². The van der Waals surface area contributed by atoms with Crippen molar-refractivity contribution in [1.82, 2.24) is 0 Å². The molecular formula is C45H34O3Ti. The van der Waals surface area contributed by atoms with Crippen LogP contribution in [-0.2, 0) is 22.7 Å². The van der Waals surface area contributed by atoms with Gasteiger partial charge >= 0.3 is 288 Å². The zero-order valence-corrected chi connectivity index (χ0v) is 29.0. The molecule has 0 N–H and O–H groups in total. The first-order chi connectivity index (χ1) is 23.9. The molecule has 0 aliphatic rings. The molecule has 0 amide bonds. The Morgan fingerprint density at radius 3 is 1.18 bits per heavy atom. The van der Waals surface area contributed by atoms with Gasteiger partial charge in [-0.05, 0) is 0 Å². The van der Waals surface area contributed by atoms with Gasteiger partial charge in [0.1, 0.15) is 0 Å². The summed E-state index contributed by atoms with van der Waals surface area (Å²) in [6.45, 7) is 3.89. The van der Waals surface area contributed by atoms with Gasteiger partial charge in [-0.3, -0.25) is 0 Å². The van der Waals surface area contributed by atoms with Gasteiger partial charge in [0.05, 0.1) is 0 Å². The van der Waals surface area contributed by atoms with Crippen LogP contribution in [0, 0.1) is 0 Å². The van der Waals surface area contributed by atoms with Crippen molar-refractivity contribution in [3.05, 3.63) is 164 Å². The van der Waals surface area contributed by atoms with Crippen molar-refractivity contribution in [1.29, 1.82) is 0 Å². The van der Waals surface area contributed by atoms with E-state index in [1.807, 2.05) is 86.6 Å². The summed E-state index contributed by atoms with van der Waals surface area (Å²) in [6.07, 6.45) is -0.420. The summed E-state index contributed by atoms with van der Waals surface area (Å²) < 4.78 is 33.1. The van der Waals surface area contributed by atoms with E-state index in [2.05, 4.69) is 91.0 Å². The summed E-state index contributed by atoms with van der Waals surface area (Å²) in [4.78, 5) is 0. The van der Waals surface area contributed by atoms with Gasteiger partial charge in [-0.2, -0.15) is 0 Å². The molecule has 0 radical (unpaired) electrons. The standard InChI is InChI=1S/C14H10O.2C14H9.C3H7O.O.Ti/c15-14-7-3-6-12-8-10-4-1-2-5-11(10)9-13(12)14;2*1-2-6-12-10-14-8-4-3-7-13(14)9-11(12)5-1;1-3(2)4;;/h1-9,15H;2*1-7,9-10H;3H,1-2H3;;/q;;;-1;;+2/p-1. The average Bonchev–Trinajstić information content (AvgIpc) is 3.11. The summed E-state index contributed by atoms with van der Waals surface area (Å²) in [5.41, 5.74) is 0. The second-order valence-electron chi connectivity index (χ2n) is 13.4. The third-order valence-electron chi connectivity index (χ3n) is 9.87. The Labute approximate surface area is 286 Å². The van der Waals surface area contributed by atoms with Crippen LogP contribution in [0.3, 0.4) is 0 Å². The normalized spacial score (nSPS) is 12.6. The van der Waals surface area contributed by atoms with Crippen LogP contribution in [0.25, 0.3) is 64.6 Å². The summed E-state index contributed by atoms with van der Waals surface area (Å²) in [7, 11) is 0. The number of fused-ring (bicyclic) bond motifs is 6. The third kappa shape index (κ3) is 4.81. The molecule has 3 nitrogen and oxygen atoms in total. The molecule has 0 bridgehead atoms. The van der Waals surface area contributed by atoms with Gasteiger partial charge in [0.15, 0.2) is 0 Å². The predicted octanol–water partition coefficient (Wildman–Crippen LogP) is 10.9. The van der Waals surface area contributed by atoms with Crippen LogP contribution in [0.15, 0.2) is 164 Å². The van der Waals surface area contributed by atoms with Crippen molar-refractivity contribution in [2.45, 2.75) is 20.0 Å². The molecule has 0 fully saturated rings. The van der Waals surface area contributed by atoms with Crippen LogP contribution >= 0.6 is 0 Å². The molecule has 9 aromatic rings. The molecule has 9 rings (SSSR count). The maximum atomic E-state index is 17.4. The molecule has 0 heterocycles. The van der Waals surface area contributed by atoms with Crippen LogP contribution in [0.2, 0.25) is 0 Å². The van der Waals surface area contributed by atoms with Crippen molar-refractivity contribution < 1.29 is 26.0 Å². The quantitative estimate of drug-likeness (QED) is 0.130. The zero-order valence-electron chi connectivity index (χ0n) is 27.4. The van der Waals surface area contributed by atoms with Crippen molar-refractivity contribution in [2.75, 3.05) is 0 Å². The molecule has 0 aliphatic carbocycles. The Morgan fingerprint density at radius 2 is 0.755 bits per heavy atom. The van der Waals surface area contributed by atoms with Gasteiger partial charge in [-0.25, -0.2) is 0 Å². The van der Waals surface area contributed by atoms with Crippen molar-refractivity contribution >= 4 is 72.4 Å². The molecule has 4 heteroatoms. The molecule has 0 saturated heterocycles. The number of rotatable bonds is 6. The van der Waals surface area contributed by atoms with Crippen molar-refractivity contribution in [3.8, 4) is 5.75 Å². The van der Waals surface area contributed by atoms with E-state index in [9.17, 15) is 0 Å². The van der Waals surface area contributed by atoms with Crippen LogP contribution in [0.1, 0.15) is 13.8 Å². The van der Waals surface area contributed by atoms with Crippen LogP contribution in [0.4, 0.5) is 0 Å². The summed E-state index contributed by atoms with van der Waals surface area (Å²) >= 11 is -6.38. The van der Waals surface area contributed by atoms with Gasteiger partial charge in [-0.1, -0.05) is 0 Å². The Bertz CT molecular complexity index is 2710. The van der Waals surface area contributed by atoms with Crippen molar-refractivity contribution in [3.63, 3.8) is 0 Å². The topological polar surface area (TPSA) is 35.5 Å². The summed E-state index contributed by atoms with van der Waals surface area (Å²) in [6, 6.07) is 55.9. The fourth-order valence-electron chi connectivity index (χ4n) is 7.75. The fourth-order valence-corrected chi connectivity index (χ4v) is 14.6. The molecule has 0 unspecified atom stereocenters. The first-order valence-corrected chi connectivity index (χ1v) is 20.4. The van der Waals surface area contributed by atoms with Crippen molar-refractivity contribution in [2.24, 2.45) is 0 Å². The minimum absolute atomic E-state index is 0.420. The second kappa shape index (κ2) is 11.2. The van der Waals surface area contributed by atoms with E-state index in [0.717, 1.165) is 64.6 Å². The van der Waals surface area contributed by atoms with E-state index in [0.29, 0.717) is 13.5 Å². The SMILES string of the molecule is CC(C)[O][Ti](=[O])([O]c1cccc2cc3ccccc3cc12)([c]1cccc2cc3ccccc3cc12)[c]1cccc2cc3ccccc3cc12. The first kappa shape index (κ1) is 29.9. The molecule has 49 heavy (non-hydrogen) atoms. The van der Waals surface area contributed by atoms with Crippen LogP contribution < -0.4 is 11.1 Å². The number of hydrogen-bond acceptors (Lipinski definition) is 3. The number of benzene rings is 9. The summed E-state index contributed by atoms with van der Waals surface area (Å²) in [5.74, 6) is 0.534. The molecule has 0 aliphatic heterocycles. The Kier molecular flexibility index (Phi) is 6.83. The van der Waals surface area contributed by atoms with E-state index >= 15 is 3.32 Å². The second-order valence-corrected chi connectivity index (χ2v) is 18.8. The van der Waals surface area contributed by atoms with E-state index in [-0.39, 0.29) is 0 Å². The number of hydrogen-bond donors (Lipinski definition) is 0. The molecule has 9 aromatic carbocycles. The predicted molar refractivity (Wildman–Crippen MR) is 201 cm³/mol. The van der Waals surface area contributed by atoms with Gasteiger partial charge in [0.2, 0.25) is 0 Å². The Balaban J connectivity index is 1.44. The molecule has 0 aromatic heterocycles. The van der Waals surface area contributed by atoms with Gasteiger partial charge < -0.3 is 0 Å². The third-order valence-corrected chi connectivity index (χ3v) is 16.5. The molecule has 0 atom stereocenters. The molecule has 0 saturated carbocycles.